The molecule has 5 nitrogen and oxygen atoms in total. The summed E-state index contributed by atoms with van der Waals surface area (Å²) in [7, 11) is 0. The normalized spacial score (nSPS) is 32.2. The summed E-state index contributed by atoms with van der Waals surface area (Å²) in [5.74, 6) is -0.329. The molecule has 1 aromatic carbocycles. The Hall–Kier alpha value is -2.21. The average molecular weight is 356 g/mol. The van der Waals surface area contributed by atoms with Gasteiger partial charge in [0.15, 0.2) is 0 Å². The molecule has 2 heterocycles. The number of carbonyl (C=O) groups excluding carboxylic acids is 1. The Labute approximate surface area is 153 Å². The first-order valence-corrected chi connectivity index (χ1v) is 8.90. The summed E-state index contributed by atoms with van der Waals surface area (Å²) in [4.78, 5) is 11.2. The molecule has 3 rings (SSSR count). The fourth-order valence-corrected chi connectivity index (χ4v) is 3.10. The SMILES string of the molecule is O=C1C=CC[C@@H](C=CC[C@@H]2C[C@@H](O)[C@H](O)[C@H](C=Cc3ccccc3)O2)O1. The molecule has 5 heteroatoms. The lowest BCUT2D eigenvalue weighted by atomic mass is 9.95. The molecule has 2 N–H and O–H groups in total. The zero-order chi connectivity index (χ0) is 18.4. The van der Waals surface area contributed by atoms with Crippen molar-refractivity contribution in [2.24, 2.45) is 0 Å². The van der Waals surface area contributed by atoms with Crippen molar-refractivity contribution in [3.8, 4) is 0 Å². The Morgan fingerprint density at radius 1 is 1.15 bits per heavy atom. The predicted molar refractivity (Wildman–Crippen MR) is 98.2 cm³/mol. The predicted octanol–water partition coefficient (Wildman–Crippen LogP) is 2.40. The average Bonchev–Trinajstić information content (AvgIpc) is 2.64. The molecule has 1 aromatic rings. The molecule has 2 aliphatic rings. The first-order chi connectivity index (χ1) is 12.6. The number of carbonyl (C=O) groups is 1. The molecular formula is C21H24O5. The van der Waals surface area contributed by atoms with Crippen molar-refractivity contribution in [2.75, 3.05) is 0 Å². The quantitative estimate of drug-likeness (QED) is 0.626. The minimum absolute atomic E-state index is 0.204. The van der Waals surface area contributed by atoms with Gasteiger partial charge < -0.3 is 19.7 Å². The van der Waals surface area contributed by atoms with E-state index in [1.807, 2.05) is 48.6 Å². The van der Waals surface area contributed by atoms with E-state index in [2.05, 4.69) is 0 Å². The molecule has 0 aromatic heterocycles. The minimum Gasteiger partial charge on any atom is -0.455 e. The van der Waals surface area contributed by atoms with E-state index in [9.17, 15) is 15.0 Å². The number of hydrogen-bond acceptors (Lipinski definition) is 5. The Morgan fingerprint density at radius 2 is 1.96 bits per heavy atom. The topological polar surface area (TPSA) is 76.0 Å². The monoisotopic (exact) mass is 356 g/mol. The van der Waals surface area contributed by atoms with E-state index in [1.54, 1.807) is 12.2 Å². The van der Waals surface area contributed by atoms with Crippen molar-refractivity contribution in [2.45, 2.75) is 49.8 Å². The van der Waals surface area contributed by atoms with Crippen molar-refractivity contribution in [3.05, 3.63) is 66.3 Å². The second kappa shape index (κ2) is 8.94. The van der Waals surface area contributed by atoms with Gasteiger partial charge >= 0.3 is 5.97 Å². The van der Waals surface area contributed by atoms with E-state index < -0.39 is 18.3 Å². The van der Waals surface area contributed by atoms with Crippen molar-refractivity contribution >= 4 is 12.0 Å². The Morgan fingerprint density at radius 3 is 2.73 bits per heavy atom. The number of cyclic esters (lactones) is 1. The summed E-state index contributed by atoms with van der Waals surface area (Å²) in [5, 5.41) is 20.3. The molecule has 0 bridgehead atoms. The van der Waals surface area contributed by atoms with Crippen LogP contribution in [0.3, 0.4) is 0 Å². The van der Waals surface area contributed by atoms with Crippen LogP contribution in [0.2, 0.25) is 0 Å². The summed E-state index contributed by atoms with van der Waals surface area (Å²) >= 11 is 0. The molecule has 0 spiro atoms. The van der Waals surface area contributed by atoms with Crippen LogP contribution in [-0.4, -0.2) is 46.7 Å². The van der Waals surface area contributed by atoms with Crippen LogP contribution >= 0.6 is 0 Å². The van der Waals surface area contributed by atoms with Gasteiger partial charge in [-0.15, -0.1) is 0 Å². The number of rotatable bonds is 5. The fraction of sp³-hybridized carbons (Fsp3) is 0.381. The number of aliphatic hydroxyl groups excluding tert-OH is 2. The highest BCUT2D eigenvalue weighted by atomic mass is 16.5. The molecule has 0 radical (unpaired) electrons. The number of hydrogen-bond donors (Lipinski definition) is 2. The van der Waals surface area contributed by atoms with Gasteiger partial charge in [0.1, 0.15) is 18.3 Å². The Bertz CT molecular complexity index is 679. The highest BCUT2D eigenvalue weighted by molar-refractivity contribution is 5.82. The van der Waals surface area contributed by atoms with E-state index in [-0.39, 0.29) is 18.2 Å². The molecule has 2 aliphatic heterocycles. The Balaban J connectivity index is 1.56. The maximum Gasteiger partial charge on any atom is 0.331 e. The summed E-state index contributed by atoms with van der Waals surface area (Å²) in [6.45, 7) is 0. The van der Waals surface area contributed by atoms with Gasteiger partial charge in [-0.25, -0.2) is 4.79 Å². The molecule has 0 aliphatic carbocycles. The molecule has 138 valence electrons. The molecule has 0 amide bonds. The van der Waals surface area contributed by atoms with Gasteiger partial charge in [0.05, 0.1) is 12.2 Å². The second-order valence-electron chi connectivity index (χ2n) is 6.56. The molecule has 26 heavy (non-hydrogen) atoms. The highest BCUT2D eigenvalue weighted by Gasteiger charge is 2.34. The summed E-state index contributed by atoms with van der Waals surface area (Å²) in [6, 6.07) is 9.74. The summed E-state index contributed by atoms with van der Waals surface area (Å²) in [5.41, 5.74) is 1.01. The fourth-order valence-electron chi connectivity index (χ4n) is 3.10. The highest BCUT2D eigenvalue weighted by Crippen LogP contribution is 2.24. The van der Waals surface area contributed by atoms with Crippen molar-refractivity contribution in [1.29, 1.82) is 0 Å². The third kappa shape index (κ3) is 5.14. The zero-order valence-electron chi connectivity index (χ0n) is 14.5. The lowest BCUT2D eigenvalue weighted by Crippen LogP contribution is -2.47. The van der Waals surface area contributed by atoms with Gasteiger partial charge in [-0.2, -0.15) is 0 Å². The van der Waals surface area contributed by atoms with E-state index in [0.717, 1.165) is 5.56 Å². The molecule has 1 fully saturated rings. The standard InChI is InChI=1S/C21H24O5/c22-18-14-17(10-4-8-16-9-5-11-20(23)26-16)25-19(21(18)24)13-12-15-6-2-1-3-7-15/h1-8,11-13,16-19,21-22,24H,9-10,14H2/t16-,17-,18-,19+,21+/m1/s1. The second-order valence-corrected chi connectivity index (χ2v) is 6.56. The van der Waals surface area contributed by atoms with Crippen LogP contribution < -0.4 is 0 Å². The van der Waals surface area contributed by atoms with E-state index in [1.165, 1.54) is 6.08 Å². The van der Waals surface area contributed by atoms with Crippen LogP contribution in [0.25, 0.3) is 6.08 Å². The molecule has 1 saturated heterocycles. The van der Waals surface area contributed by atoms with Gasteiger partial charge in [0.2, 0.25) is 0 Å². The lowest BCUT2D eigenvalue weighted by molar-refractivity contribution is -0.149. The molecule has 0 unspecified atom stereocenters. The smallest absolute Gasteiger partial charge is 0.331 e. The van der Waals surface area contributed by atoms with Crippen LogP contribution in [0, 0.1) is 0 Å². The zero-order valence-corrected chi connectivity index (χ0v) is 14.5. The minimum atomic E-state index is -0.945. The van der Waals surface area contributed by atoms with Gasteiger partial charge in [0.25, 0.3) is 0 Å². The molecule has 5 atom stereocenters. The number of esters is 1. The van der Waals surface area contributed by atoms with Crippen LogP contribution in [0.1, 0.15) is 24.8 Å². The first-order valence-electron chi connectivity index (χ1n) is 8.90. The summed E-state index contributed by atoms with van der Waals surface area (Å²) in [6.07, 6.45) is 9.46. The lowest BCUT2D eigenvalue weighted by Gasteiger charge is -2.35. The van der Waals surface area contributed by atoms with Gasteiger partial charge in [-0.3, -0.25) is 0 Å². The molecule has 0 saturated carbocycles. The summed E-state index contributed by atoms with van der Waals surface area (Å²) < 4.78 is 11.1. The number of aliphatic hydroxyl groups is 2. The first kappa shape index (κ1) is 18.6. The van der Waals surface area contributed by atoms with Crippen LogP contribution in [0.4, 0.5) is 0 Å². The maximum absolute atomic E-state index is 11.2. The van der Waals surface area contributed by atoms with Gasteiger partial charge in [0, 0.05) is 18.9 Å². The van der Waals surface area contributed by atoms with Gasteiger partial charge in [-0.1, -0.05) is 54.6 Å². The van der Waals surface area contributed by atoms with E-state index in [0.29, 0.717) is 19.3 Å². The number of ether oxygens (including phenoxy) is 2. The number of benzene rings is 1. The van der Waals surface area contributed by atoms with E-state index >= 15 is 0 Å². The third-order valence-corrected chi connectivity index (χ3v) is 4.50. The van der Waals surface area contributed by atoms with Crippen LogP contribution in [0.15, 0.2) is 60.7 Å². The largest absolute Gasteiger partial charge is 0.455 e. The van der Waals surface area contributed by atoms with Gasteiger partial charge in [-0.05, 0) is 18.1 Å². The third-order valence-electron chi connectivity index (χ3n) is 4.50. The molecular weight excluding hydrogens is 332 g/mol. The van der Waals surface area contributed by atoms with Crippen LogP contribution in [-0.2, 0) is 14.3 Å². The van der Waals surface area contributed by atoms with Crippen LogP contribution in [0.5, 0.6) is 0 Å². The Kier molecular flexibility index (Phi) is 6.39. The maximum atomic E-state index is 11.2. The van der Waals surface area contributed by atoms with Crippen molar-refractivity contribution in [3.63, 3.8) is 0 Å². The van der Waals surface area contributed by atoms with E-state index in [4.69, 9.17) is 9.47 Å². The van der Waals surface area contributed by atoms with Crippen molar-refractivity contribution < 1.29 is 24.5 Å². The van der Waals surface area contributed by atoms with Crippen molar-refractivity contribution in [1.82, 2.24) is 0 Å².